The number of hydrogen-bond acceptors (Lipinski definition) is 4. The van der Waals surface area contributed by atoms with Crippen molar-refractivity contribution in [2.24, 2.45) is 0 Å². The molecule has 0 aliphatic rings. The van der Waals surface area contributed by atoms with Gasteiger partial charge in [-0.25, -0.2) is 4.39 Å². The summed E-state index contributed by atoms with van der Waals surface area (Å²) in [6.07, 6.45) is 1.55. The molecular weight excluding hydrogens is 269 g/mol. The second-order valence-electron chi connectivity index (χ2n) is 5.21. The molecule has 0 aliphatic heterocycles. The summed E-state index contributed by atoms with van der Waals surface area (Å²) < 4.78 is 18.3. The highest BCUT2D eigenvalue weighted by Crippen LogP contribution is 2.20. The van der Waals surface area contributed by atoms with Crippen molar-refractivity contribution in [3.05, 3.63) is 47.4 Å². The molecule has 4 nitrogen and oxygen atoms in total. The Bertz CT molecular complexity index is 553. The molecule has 0 fully saturated rings. The SMILES string of the molecule is CCNC(CC)C(C)c1nc(Cc2ccc(F)cc2)no1. The van der Waals surface area contributed by atoms with Crippen LogP contribution < -0.4 is 5.32 Å². The van der Waals surface area contributed by atoms with Gasteiger partial charge in [0.25, 0.3) is 0 Å². The quantitative estimate of drug-likeness (QED) is 0.850. The number of nitrogens with zero attached hydrogens (tertiary/aromatic N) is 2. The van der Waals surface area contributed by atoms with E-state index in [-0.39, 0.29) is 11.7 Å². The van der Waals surface area contributed by atoms with Crippen molar-refractivity contribution < 1.29 is 8.91 Å². The van der Waals surface area contributed by atoms with Gasteiger partial charge in [0.2, 0.25) is 5.89 Å². The zero-order valence-corrected chi connectivity index (χ0v) is 12.8. The molecule has 0 spiro atoms. The van der Waals surface area contributed by atoms with Crippen LogP contribution in [0.5, 0.6) is 0 Å². The number of rotatable bonds is 7. The third kappa shape index (κ3) is 4.11. The van der Waals surface area contributed by atoms with Crippen molar-refractivity contribution >= 4 is 0 Å². The Morgan fingerprint density at radius 1 is 1.24 bits per heavy atom. The van der Waals surface area contributed by atoms with Gasteiger partial charge >= 0.3 is 0 Å². The van der Waals surface area contributed by atoms with Crippen molar-refractivity contribution in [2.75, 3.05) is 6.54 Å². The third-order valence-corrected chi connectivity index (χ3v) is 3.66. The van der Waals surface area contributed by atoms with E-state index in [0.717, 1.165) is 18.5 Å². The fourth-order valence-electron chi connectivity index (χ4n) is 2.42. The van der Waals surface area contributed by atoms with Gasteiger partial charge in [0, 0.05) is 12.5 Å². The Hall–Kier alpha value is -1.75. The molecule has 2 rings (SSSR count). The Morgan fingerprint density at radius 3 is 2.57 bits per heavy atom. The van der Waals surface area contributed by atoms with Gasteiger partial charge in [-0.1, -0.05) is 38.1 Å². The fraction of sp³-hybridized carbons (Fsp3) is 0.500. The summed E-state index contributed by atoms with van der Waals surface area (Å²) in [4.78, 5) is 4.47. The van der Waals surface area contributed by atoms with Crippen LogP contribution in [0, 0.1) is 5.82 Å². The van der Waals surface area contributed by atoms with Crippen molar-refractivity contribution in [1.29, 1.82) is 0 Å². The smallest absolute Gasteiger partial charge is 0.231 e. The normalized spacial score (nSPS) is 14.1. The lowest BCUT2D eigenvalue weighted by Crippen LogP contribution is -2.33. The van der Waals surface area contributed by atoms with Crippen LogP contribution in [0.15, 0.2) is 28.8 Å². The molecule has 1 N–H and O–H groups in total. The minimum atomic E-state index is -0.238. The van der Waals surface area contributed by atoms with Crippen LogP contribution in [-0.4, -0.2) is 22.7 Å². The number of hydrogen-bond donors (Lipinski definition) is 1. The zero-order valence-electron chi connectivity index (χ0n) is 12.8. The van der Waals surface area contributed by atoms with Crippen LogP contribution in [0.3, 0.4) is 0 Å². The lowest BCUT2D eigenvalue weighted by atomic mass is 9.99. The average Bonchev–Trinajstić information content (AvgIpc) is 2.95. The highest BCUT2D eigenvalue weighted by Gasteiger charge is 2.22. The highest BCUT2D eigenvalue weighted by molar-refractivity contribution is 5.19. The molecule has 2 atom stereocenters. The first kappa shape index (κ1) is 15.6. The van der Waals surface area contributed by atoms with Crippen LogP contribution in [0.1, 0.15) is 50.4 Å². The van der Waals surface area contributed by atoms with Crippen LogP contribution in [0.4, 0.5) is 4.39 Å². The molecule has 0 aliphatic carbocycles. The Kier molecular flexibility index (Phi) is 5.44. The highest BCUT2D eigenvalue weighted by atomic mass is 19.1. The predicted octanol–water partition coefficient (Wildman–Crippen LogP) is 3.29. The molecule has 1 heterocycles. The van der Waals surface area contributed by atoms with Gasteiger partial charge in [0.15, 0.2) is 5.82 Å². The second-order valence-corrected chi connectivity index (χ2v) is 5.21. The van der Waals surface area contributed by atoms with E-state index in [0.29, 0.717) is 24.2 Å². The van der Waals surface area contributed by atoms with E-state index >= 15 is 0 Å². The standard InChI is InChI=1S/C16H22FN3O/c1-4-14(18-5-2)11(3)16-19-15(20-21-16)10-12-6-8-13(17)9-7-12/h6-9,11,14,18H,4-5,10H2,1-3H3. The summed E-state index contributed by atoms with van der Waals surface area (Å²) >= 11 is 0. The van der Waals surface area contributed by atoms with Crippen molar-refractivity contribution in [3.8, 4) is 0 Å². The first-order chi connectivity index (χ1) is 10.1. The molecule has 114 valence electrons. The van der Waals surface area contributed by atoms with Crippen LogP contribution in [-0.2, 0) is 6.42 Å². The lowest BCUT2D eigenvalue weighted by Gasteiger charge is -2.20. The van der Waals surface area contributed by atoms with Crippen molar-refractivity contribution in [1.82, 2.24) is 15.5 Å². The van der Waals surface area contributed by atoms with Crippen molar-refractivity contribution in [2.45, 2.75) is 45.6 Å². The molecule has 0 radical (unpaired) electrons. The Balaban J connectivity index is 2.05. The zero-order chi connectivity index (χ0) is 15.2. The average molecular weight is 291 g/mol. The minimum absolute atomic E-state index is 0.171. The minimum Gasteiger partial charge on any atom is -0.339 e. The monoisotopic (exact) mass is 291 g/mol. The topological polar surface area (TPSA) is 51.0 Å². The molecule has 1 aromatic carbocycles. The molecule has 1 aromatic heterocycles. The van der Waals surface area contributed by atoms with Gasteiger partial charge in [0.1, 0.15) is 5.82 Å². The van der Waals surface area contributed by atoms with Gasteiger partial charge in [-0.2, -0.15) is 4.98 Å². The summed E-state index contributed by atoms with van der Waals surface area (Å²) in [5.41, 5.74) is 0.968. The summed E-state index contributed by atoms with van der Waals surface area (Å²) in [5, 5.41) is 7.45. The molecular formula is C16H22FN3O. The van der Waals surface area contributed by atoms with E-state index in [4.69, 9.17) is 4.52 Å². The summed E-state index contributed by atoms with van der Waals surface area (Å²) in [6, 6.07) is 6.69. The maximum absolute atomic E-state index is 12.9. The van der Waals surface area contributed by atoms with Crippen LogP contribution in [0.25, 0.3) is 0 Å². The fourth-order valence-corrected chi connectivity index (χ4v) is 2.42. The third-order valence-electron chi connectivity index (χ3n) is 3.66. The van der Waals surface area contributed by atoms with Crippen molar-refractivity contribution in [3.63, 3.8) is 0 Å². The Labute approximate surface area is 124 Å². The van der Waals surface area contributed by atoms with E-state index in [2.05, 4.69) is 36.2 Å². The maximum atomic E-state index is 12.9. The molecule has 0 amide bonds. The number of likely N-dealkylation sites (N-methyl/N-ethyl adjacent to an activating group) is 1. The van der Waals surface area contributed by atoms with Gasteiger partial charge in [-0.05, 0) is 30.7 Å². The number of aromatic nitrogens is 2. The number of nitrogens with one attached hydrogen (secondary N) is 1. The molecule has 5 heteroatoms. The molecule has 0 saturated carbocycles. The Morgan fingerprint density at radius 2 is 1.95 bits per heavy atom. The van der Waals surface area contributed by atoms with Gasteiger partial charge in [0.05, 0.1) is 5.92 Å². The van der Waals surface area contributed by atoms with Gasteiger partial charge in [-0.3, -0.25) is 0 Å². The van der Waals surface area contributed by atoms with E-state index in [1.165, 1.54) is 12.1 Å². The number of halogens is 1. The summed E-state index contributed by atoms with van der Waals surface area (Å²) in [5.74, 6) is 1.22. The van der Waals surface area contributed by atoms with E-state index in [9.17, 15) is 4.39 Å². The lowest BCUT2D eigenvalue weighted by molar-refractivity contribution is 0.319. The molecule has 0 bridgehead atoms. The molecule has 2 aromatic rings. The van der Waals surface area contributed by atoms with Crippen LogP contribution >= 0.6 is 0 Å². The summed E-state index contributed by atoms with van der Waals surface area (Å²) in [6.45, 7) is 7.23. The first-order valence-electron chi connectivity index (χ1n) is 7.44. The summed E-state index contributed by atoms with van der Waals surface area (Å²) in [7, 11) is 0. The molecule has 21 heavy (non-hydrogen) atoms. The van der Waals surface area contributed by atoms with E-state index in [1.54, 1.807) is 12.1 Å². The molecule has 0 saturated heterocycles. The van der Waals surface area contributed by atoms with Gasteiger partial charge < -0.3 is 9.84 Å². The predicted molar refractivity (Wildman–Crippen MR) is 79.7 cm³/mol. The first-order valence-corrected chi connectivity index (χ1v) is 7.44. The van der Waals surface area contributed by atoms with E-state index in [1.807, 2.05) is 0 Å². The largest absolute Gasteiger partial charge is 0.339 e. The van der Waals surface area contributed by atoms with E-state index < -0.39 is 0 Å². The number of benzene rings is 1. The van der Waals surface area contributed by atoms with Gasteiger partial charge in [-0.15, -0.1) is 0 Å². The second kappa shape index (κ2) is 7.31. The maximum Gasteiger partial charge on any atom is 0.231 e. The molecule has 2 unspecified atom stereocenters. The van der Waals surface area contributed by atoms with Crippen LogP contribution in [0.2, 0.25) is 0 Å².